The molecule has 0 aliphatic heterocycles. The molecule has 2 aromatic carbocycles. The normalized spacial score (nSPS) is 12.8. The summed E-state index contributed by atoms with van der Waals surface area (Å²) in [6.07, 6.45) is 6.42. The van der Waals surface area contributed by atoms with Crippen LogP contribution in [0, 0.1) is 11.2 Å². The second-order valence-corrected chi connectivity index (χ2v) is 10.7. The highest BCUT2D eigenvalue weighted by Crippen LogP contribution is 2.31. The number of amidine groups is 1. The molecule has 42 heavy (non-hydrogen) atoms. The summed E-state index contributed by atoms with van der Waals surface area (Å²) in [4.78, 5) is 20.2. The van der Waals surface area contributed by atoms with Crippen molar-refractivity contribution in [2.45, 2.75) is 44.7 Å². The van der Waals surface area contributed by atoms with E-state index in [0.717, 1.165) is 30.4 Å². The number of rotatable bonds is 14. The van der Waals surface area contributed by atoms with Crippen molar-refractivity contribution >= 4 is 28.5 Å². The first kappa shape index (κ1) is 31.1. The maximum atomic E-state index is 15.1. The molecule has 9 nitrogen and oxygen atoms in total. The molecule has 0 aliphatic carbocycles. The van der Waals surface area contributed by atoms with Crippen LogP contribution in [0.15, 0.2) is 66.1 Å². The number of benzene rings is 2. The third kappa shape index (κ3) is 7.71. The number of H-pyrrole nitrogens is 1. The summed E-state index contributed by atoms with van der Waals surface area (Å²) in [7, 11) is 0. The number of nitrogens with two attached hydrogens (primary N) is 1. The topological polar surface area (TPSA) is 145 Å². The first-order valence-corrected chi connectivity index (χ1v) is 14.3. The molecule has 2 heterocycles. The van der Waals surface area contributed by atoms with Crippen molar-refractivity contribution in [2.24, 2.45) is 5.73 Å². The van der Waals surface area contributed by atoms with Crippen LogP contribution >= 0.6 is 11.6 Å². The van der Waals surface area contributed by atoms with Crippen LogP contribution in [0.5, 0.6) is 0 Å². The number of aryl methyl sites for hydroxylation is 1. The monoisotopic (exact) mass is 593 g/mol. The van der Waals surface area contributed by atoms with Gasteiger partial charge in [0.15, 0.2) is 5.82 Å². The van der Waals surface area contributed by atoms with Gasteiger partial charge < -0.3 is 26.5 Å². The predicted molar refractivity (Wildman–Crippen MR) is 167 cm³/mol. The minimum atomic E-state index is -0.547. The highest BCUT2D eigenvalue weighted by Gasteiger charge is 2.16. The summed E-state index contributed by atoms with van der Waals surface area (Å²) in [5.74, 6) is -0.126. The van der Waals surface area contributed by atoms with E-state index in [0.29, 0.717) is 53.3 Å². The molecule has 0 spiro atoms. The van der Waals surface area contributed by atoms with Crippen molar-refractivity contribution in [3.05, 3.63) is 93.8 Å². The van der Waals surface area contributed by atoms with Crippen LogP contribution in [0.3, 0.4) is 0 Å². The Labute approximate surface area is 249 Å². The SMILES string of the molecule is C=C[C@@H](N)CCCc1cc(Cl)c(F)c(-c2cc3cn(-c4ccc([C@H](CO)NCCCNC(C)=N)cc4)c(=O)nc3[nH]2)c1. The van der Waals surface area contributed by atoms with Gasteiger partial charge in [-0.25, -0.2) is 9.18 Å². The lowest BCUT2D eigenvalue weighted by molar-refractivity contribution is 0.244. The summed E-state index contributed by atoms with van der Waals surface area (Å²) in [5.41, 5.74) is 8.92. The number of aliphatic hydroxyl groups excluding tert-OH is 1. The molecule has 7 N–H and O–H groups in total. The average Bonchev–Trinajstić information content (AvgIpc) is 3.38. The predicted octanol–water partition coefficient (Wildman–Crippen LogP) is 4.61. The van der Waals surface area contributed by atoms with Gasteiger partial charge in [-0.15, -0.1) is 6.58 Å². The van der Waals surface area contributed by atoms with E-state index in [9.17, 15) is 9.90 Å². The van der Waals surface area contributed by atoms with Crippen LogP contribution in [0.4, 0.5) is 4.39 Å². The van der Waals surface area contributed by atoms with Gasteiger partial charge in [-0.2, -0.15) is 4.98 Å². The maximum absolute atomic E-state index is 15.1. The average molecular weight is 594 g/mol. The first-order chi connectivity index (χ1) is 20.2. The number of aromatic amines is 1. The molecule has 4 aromatic rings. The van der Waals surface area contributed by atoms with Gasteiger partial charge in [0.25, 0.3) is 0 Å². The minimum absolute atomic E-state index is 0.0237. The summed E-state index contributed by atoms with van der Waals surface area (Å²) < 4.78 is 16.5. The zero-order valence-electron chi connectivity index (χ0n) is 23.6. The lowest BCUT2D eigenvalue weighted by Gasteiger charge is -2.17. The quantitative estimate of drug-likeness (QED) is 0.0545. The van der Waals surface area contributed by atoms with Crippen molar-refractivity contribution in [1.82, 2.24) is 25.2 Å². The van der Waals surface area contributed by atoms with Crippen molar-refractivity contribution in [2.75, 3.05) is 19.7 Å². The molecule has 11 heteroatoms. The molecule has 0 unspecified atom stereocenters. The Morgan fingerprint density at radius 3 is 2.71 bits per heavy atom. The second kappa shape index (κ2) is 14.4. The molecular formula is C31H37ClFN7O2. The van der Waals surface area contributed by atoms with Gasteiger partial charge in [-0.3, -0.25) is 9.98 Å². The largest absolute Gasteiger partial charge is 0.394 e. The van der Waals surface area contributed by atoms with E-state index in [2.05, 4.69) is 27.2 Å². The Morgan fingerprint density at radius 1 is 1.26 bits per heavy atom. The van der Waals surface area contributed by atoms with E-state index < -0.39 is 11.5 Å². The fraction of sp³-hybridized carbons (Fsp3) is 0.323. The molecule has 0 fully saturated rings. The number of fused-ring (bicyclic) bond motifs is 1. The minimum Gasteiger partial charge on any atom is -0.394 e. The van der Waals surface area contributed by atoms with E-state index in [4.69, 9.17) is 22.7 Å². The third-order valence-electron chi connectivity index (χ3n) is 7.08. The zero-order chi connectivity index (χ0) is 30.2. The van der Waals surface area contributed by atoms with E-state index >= 15 is 4.39 Å². The van der Waals surface area contributed by atoms with Gasteiger partial charge in [0.2, 0.25) is 0 Å². The van der Waals surface area contributed by atoms with E-state index in [1.807, 2.05) is 12.1 Å². The van der Waals surface area contributed by atoms with Gasteiger partial charge in [0, 0.05) is 29.7 Å². The summed E-state index contributed by atoms with van der Waals surface area (Å²) >= 11 is 6.24. The molecule has 2 aromatic heterocycles. The third-order valence-corrected chi connectivity index (χ3v) is 7.36. The molecule has 2 atom stereocenters. The van der Waals surface area contributed by atoms with Crippen LogP contribution < -0.4 is 22.1 Å². The lowest BCUT2D eigenvalue weighted by Crippen LogP contribution is -2.29. The fourth-order valence-electron chi connectivity index (χ4n) is 4.77. The van der Waals surface area contributed by atoms with Crippen LogP contribution in [-0.4, -0.2) is 51.2 Å². The second-order valence-electron chi connectivity index (χ2n) is 10.3. The molecule has 0 bridgehead atoms. The number of hydrogen-bond donors (Lipinski definition) is 6. The summed E-state index contributed by atoms with van der Waals surface area (Å²) in [6, 6.07) is 12.1. The standard InChI is InChI=1S/C31H37ClFN7O2/c1-3-23(35)7-4-6-20-14-25(29(33)26(32)15-20)27-16-22-17-40(31(42)39-30(22)38-27)24-10-8-21(9-11-24)28(18-41)37-13-5-12-36-19(2)34/h3,8-11,14-17,23,28,37,41H,1,4-7,12-13,18,35H2,2H3,(H2,34,36)(H,38,39,42)/t23-,28+/m1/s1. The Bertz CT molecular complexity index is 1600. The van der Waals surface area contributed by atoms with Gasteiger partial charge in [-0.1, -0.05) is 29.8 Å². The fourth-order valence-corrected chi connectivity index (χ4v) is 5.01. The van der Waals surface area contributed by atoms with E-state index in [-0.39, 0.29) is 23.7 Å². The number of aliphatic hydroxyl groups is 1. The number of hydrogen-bond acceptors (Lipinski definition) is 6. The highest BCUT2D eigenvalue weighted by molar-refractivity contribution is 6.31. The molecule has 0 radical (unpaired) electrons. The summed E-state index contributed by atoms with van der Waals surface area (Å²) in [5, 5.41) is 24.2. The number of nitrogens with one attached hydrogen (secondary N) is 4. The van der Waals surface area contributed by atoms with Crippen molar-refractivity contribution in [3.63, 3.8) is 0 Å². The van der Waals surface area contributed by atoms with Crippen molar-refractivity contribution in [3.8, 4) is 16.9 Å². The number of aromatic nitrogens is 3. The molecule has 0 aliphatic rings. The molecule has 0 amide bonds. The summed E-state index contributed by atoms with van der Waals surface area (Å²) in [6.45, 7) is 6.66. The van der Waals surface area contributed by atoms with Crippen LogP contribution in [0.2, 0.25) is 5.02 Å². The first-order valence-electron chi connectivity index (χ1n) is 13.9. The van der Waals surface area contributed by atoms with Gasteiger partial charge in [0.05, 0.1) is 34.9 Å². The number of halogens is 2. The lowest BCUT2D eigenvalue weighted by atomic mass is 10.0. The van der Waals surface area contributed by atoms with Crippen LogP contribution in [0.1, 0.15) is 43.4 Å². The Morgan fingerprint density at radius 2 is 2.02 bits per heavy atom. The molecular weight excluding hydrogens is 557 g/mol. The molecule has 222 valence electrons. The van der Waals surface area contributed by atoms with Gasteiger partial charge in [0.1, 0.15) is 5.65 Å². The Hall–Kier alpha value is -3.83. The highest BCUT2D eigenvalue weighted by atomic mass is 35.5. The zero-order valence-corrected chi connectivity index (χ0v) is 24.3. The smallest absolute Gasteiger partial charge is 0.354 e. The van der Waals surface area contributed by atoms with Crippen molar-refractivity contribution < 1.29 is 9.50 Å². The maximum Gasteiger partial charge on any atom is 0.354 e. The van der Waals surface area contributed by atoms with Gasteiger partial charge in [-0.05, 0) is 80.6 Å². The molecule has 0 saturated heterocycles. The number of nitrogens with zero attached hydrogens (tertiary/aromatic N) is 2. The van der Waals surface area contributed by atoms with E-state index in [1.54, 1.807) is 49.5 Å². The van der Waals surface area contributed by atoms with Gasteiger partial charge >= 0.3 is 5.69 Å². The van der Waals surface area contributed by atoms with Crippen LogP contribution in [0.25, 0.3) is 28.0 Å². The van der Waals surface area contributed by atoms with E-state index in [1.165, 1.54) is 4.57 Å². The van der Waals surface area contributed by atoms with Crippen molar-refractivity contribution in [1.29, 1.82) is 5.41 Å². The molecule has 0 saturated carbocycles. The van der Waals surface area contributed by atoms with Crippen LogP contribution in [-0.2, 0) is 6.42 Å². The Balaban J connectivity index is 1.53. The Kier molecular flexibility index (Phi) is 10.6. The molecule has 4 rings (SSSR count).